The van der Waals surface area contributed by atoms with Crippen LogP contribution in [0.25, 0.3) is 0 Å². The first-order valence-corrected chi connectivity index (χ1v) is 9.18. The minimum atomic E-state index is -0.340. The fourth-order valence-corrected chi connectivity index (χ4v) is 5.66. The van der Waals surface area contributed by atoms with Crippen LogP contribution < -0.4 is 0 Å². The van der Waals surface area contributed by atoms with Crippen molar-refractivity contribution in [2.24, 2.45) is 29.1 Å². The Bertz CT molecular complexity index is 586. The van der Waals surface area contributed by atoms with E-state index < -0.39 is 0 Å². The summed E-state index contributed by atoms with van der Waals surface area (Å²) >= 11 is 0. The topological polar surface area (TPSA) is 78.9 Å². The Morgan fingerprint density at radius 3 is 2.36 bits per heavy atom. The van der Waals surface area contributed by atoms with E-state index in [1.165, 1.54) is 13.8 Å². The second-order valence-electron chi connectivity index (χ2n) is 8.36. The fourth-order valence-electron chi connectivity index (χ4n) is 5.66. The summed E-state index contributed by atoms with van der Waals surface area (Å²) in [5.41, 5.74) is -0.340. The molecule has 25 heavy (non-hydrogen) atoms. The van der Waals surface area contributed by atoms with E-state index in [0.29, 0.717) is 6.42 Å². The van der Waals surface area contributed by atoms with Crippen molar-refractivity contribution >= 4 is 17.9 Å². The SMILES string of the molecule is CC(=O)OC1CC(OC(C)=O)[C@@]2(C)C[C@@H]3C(C)C(=O)O[C@H]3CC(C)C12. The number of carbonyl (C=O) groups excluding carboxylic acids is 3. The van der Waals surface area contributed by atoms with Gasteiger partial charge in [0.05, 0.1) is 5.92 Å². The van der Waals surface area contributed by atoms with Crippen LogP contribution in [0.5, 0.6) is 0 Å². The van der Waals surface area contributed by atoms with Crippen LogP contribution in [0.4, 0.5) is 0 Å². The average molecular weight is 352 g/mol. The van der Waals surface area contributed by atoms with Crippen LogP contribution in [-0.2, 0) is 28.6 Å². The van der Waals surface area contributed by atoms with E-state index in [9.17, 15) is 14.4 Å². The summed E-state index contributed by atoms with van der Waals surface area (Å²) in [6.45, 7) is 8.97. The molecule has 0 spiro atoms. The van der Waals surface area contributed by atoms with Gasteiger partial charge in [0.1, 0.15) is 18.3 Å². The second kappa shape index (κ2) is 6.29. The van der Waals surface area contributed by atoms with Crippen molar-refractivity contribution in [3.05, 3.63) is 0 Å². The zero-order valence-corrected chi connectivity index (χ0v) is 15.6. The Hall–Kier alpha value is -1.59. The lowest BCUT2D eigenvalue weighted by molar-refractivity contribution is -0.154. The minimum Gasteiger partial charge on any atom is -0.462 e. The molecule has 0 radical (unpaired) electrons. The molecule has 2 aliphatic carbocycles. The van der Waals surface area contributed by atoms with E-state index in [0.717, 1.165) is 12.8 Å². The highest BCUT2D eigenvalue weighted by Gasteiger charge is 2.62. The maximum absolute atomic E-state index is 12.0. The Morgan fingerprint density at radius 1 is 1.12 bits per heavy atom. The zero-order valence-electron chi connectivity index (χ0n) is 15.6. The standard InChI is InChI=1S/C19H28O6/c1-9-6-14-13(10(2)18(22)25-14)8-19(5)16(24-12(4)21)7-15(17(9)19)23-11(3)20/h9-10,13-17H,6-8H2,1-5H3/t9?,10?,13-,14+,15?,16?,17?,19-/m1/s1. The van der Waals surface area contributed by atoms with Gasteiger partial charge in [-0.15, -0.1) is 0 Å². The molecule has 3 fully saturated rings. The van der Waals surface area contributed by atoms with Crippen molar-refractivity contribution in [1.29, 1.82) is 0 Å². The largest absolute Gasteiger partial charge is 0.462 e. The van der Waals surface area contributed by atoms with Gasteiger partial charge in [0.25, 0.3) is 0 Å². The first kappa shape index (κ1) is 18.2. The molecule has 1 heterocycles. The number of hydrogen-bond acceptors (Lipinski definition) is 6. The third-order valence-corrected chi connectivity index (χ3v) is 6.62. The van der Waals surface area contributed by atoms with Crippen molar-refractivity contribution in [1.82, 2.24) is 0 Å². The van der Waals surface area contributed by atoms with Crippen LogP contribution in [0, 0.1) is 29.1 Å². The van der Waals surface area contributed by atoms with E-state index in [2.05, 4.69) is 13.8 Å². The summed E-state index contributed by atoms with van der Waals surface area (Å²) in [6, 6.07) is 0. The van der Waals surface area contributed by atoms with Crippen LogP contribution in [0.3, 0.4) is 0 Å². The van der Waals surface area contributed by atoms with Gasteiger partial charge in [0.15, 0.2) is 0 Å². The lowest BCUT2D eigenvalue weighted by Gasteiger charge is -2.39. The van der Waals surface area contributed by atoms with E-state index in [1.807, 2.05) is 6.92 Å². The van der Waals surface area contributed by atoms with Crippen LogP contribution in [0.2, 0.25) is 0 Å². The Morgan fingerprint density at radius 2 is 1.76 bits per heavy atom. The second-order valence-corrected chi connectivity index (χ2v) is 8.36. The maximum Gasteiger partial charge on any atom is 0.309 e. The maximum atomic E-state index is 12.0. The molecule has 140 valence electrons. The molecule has 0 aromatic heterocycles. The molecule has 0 aromatic rings. The fraction of sp³-hybridized carbons (Fsp3) is 0.842. The van der Waals surface area contributed by atoms with Crippen LogP contribution in [0.15, 0.2) is 0 Å². The highest BCUT2D eigenvalue weighted by molar-refractivity contribution is 5.75. The first-order valence-electron chi connectivity index (χ1n) is 9.18. The predicted octanol–water partition coefficient (Wildman–Crippen LogP) is 2.48. The first-order chi connectivity index (χ1) is 11.6. The lowest BCUT2D eigenvalue weighted by atomic mass is 9.68. The van der Waals surface area contributed by atoms with Gasteiger partial charge in [0, 0.05) is 37.5 Å². The molecule has 5 unspecified atom stereocenters. The smallest absolute Gasteiger partial charge is 0.309 e. The van der Waals surface area contributed by atoms with Gasteiger partial charge >= 0.3 is 17.9 Å². The summed E-state index contributed by atoms with van der Waals surface area (Å²) < 4.78 is 16.9. The van der Waals surface area contributed by atoms with Crippen molar-refractivity contribution in [3.63, 3.8) is 0 Å². The Balaban J connectivity index is 1.97. The Kier molecular flexibility index (Phi) is 4.58. The number of hydrogen-bond donors (Lipinski definition) is 0. The quantitative estimate of drug-likeness (QED) is 0.561. The summed E-state index contributed by atoms with van der Waals surface area (Å²) in [7, 11) is 0. The molecule has 0 amide bonds. The monoisotopic (exact) mass is 352 g/mol. The molecule has 1 aliphatic heterocycles. The van der Waals surface area contributed by atoms with E-state index in [1.54, 1.807) is 0 Å². The van der Waals surface area contributed by atoms with Gasteiger partial charge < -0.3 is 14.2 Å². The number of rotatable bonds is 2. The molecule has 0 aromatic carbocycles. The molecule has 3 rings (SSSR count). The summed E-state index contributed by atoms with van der Waals surface area (Å²) in [6.07, 6.45) is 1.32. The summed E-state index contributed by atoms with van der Waals surface area (Å²) in [5, 5.41) is 0. The number of carbonyl (C=O) groups is 3. The molecule has 8 atom stereocenters. The highest BCUT2D eigenvalue weighted by Crippen LogP contribution is 2.58. The normalized spacial score (nSPS) is 45.8. The molecule has 2 saturated carbocycles. The van der Waals surface area contributed by atoms with E-state index in [4.69, 9.17) is 14.2 Å². The van der Waals surface area contributed by atoms with Crippen LogP contribution >= 0.6 is 0 Å². The van der Waals surface area contributed by atoms with E-state index >= 15 is 0 Å². The number of esters is 3. The molecule has 0 N–H and O–H groups in total. The number of fused-ring (bicyclic) bond motifs is 2. The molecule has 3 aliphatic rings. The van der Waals surface area contributed by atoms with Crippen molar-refractivity contribution < 1.29 is 28.6 Å². The third kappa shape index (κ3) is 3.04. The van der Waals surface area contributed by atoms with Gasteiger partial charge in [-0.2, -0.15) is 0 Å². The third-order valence-electron chi connectivity index (χ3n) is 6.62. The van der Waals surface area contributed by atoms with Gasteiger partial charge in [-0.1, -0.05) is 20.8 Å². The summed E-state index contributed by atoms with van der Waals surface area (Å²) in [5.74, 6) is -0.540. The zero-order chi connectivity index (χ0) is 18.5. The molecule has 0 bridgehead atoms. The van der Waals surface area contributed by atoms with Gasteiger partial charge in [-0.25, -0.2) is 0 Å². The van der Waals surface area contributed by atoms with Crippen molar-refractivity contribution in [3.8, 4) is 0 Å². The molecule has 6 nitrogen and oxygen atoms in total. The highest BCUT2D eigenvalue weighted by atomic mass is 16.6. The van der Waals surface area contributed by atoms with E-state index in [-0.39, 0.29) is 65.3 Å². The van der Waals surface area contributed by atoms with Crippen molar-refractivity contribution in [2.75, 3.05) is 0 Å². The number of ether oxygens (including phenoxy) is 3. The average Bonchev–Trinajstić information content (AvgIpc) is 2.82. The van der Waals surface area contributed by atoms with Crippen LogP contribution in [0.1, 0.15) is 53.9 Å². The lowest BCUT2D eigenvalue weighted by Crippen LogP contribution is -2.40. The minimum absolute atomic E-state index is 0.0808. The molecular weight excluding hydrogens is 324 g/mol. The van der Waals surface area contributed by atoms with Crippen LogP contribution in [-0.4, -0.2) is 36.2 Å². The van der Waals surface area contributed by atoms with Crippen molar-refractivity contribution in [2.45, 2.75) is 72.2 Å². The van der Waals surface area contributed by atoms with Gasteiger partial charge in [-0.05, 0) is 18.8 Å². The van der Waals surface area contributed by atoms with Gasteiger partial charge in [-0.3, -0.25) is 14.4 Å². The summed E-state index contributed by atoms with van der Waals surface area (Å²) in [4.78, 5) is 35.3. The predicted molar refractivity (Wildman–Crippen MR) is 88.3 cm³/mol. The molecule has 1 saturated heterocycles. The van der Waals surface area contributed by atoms with Gasteiger partial charge in [0.2, 0.25) is 0 Å². The molecule has 6 heteroatoms. The Labute approximate surface area is 148 Å². The molecular formula is C19H28O6.